The largest absolute Gasteiger partial charge is 0.494 e. The van der Waals surface area contributed by atoms with Crippen LogP contribution in [0.2, 0.25) is 0 Å². The third-order valence-corrected chi connectivity index (χ3v) is 3.50. The second kappa shape index (κ2) is 5.94. The van der Waals surface area contributed by atoms with Crippen LogP contribution in [0.1, 0.15) is 24.1 Å². The van der Waals surface area contributed by atoms with E-state index in [2.05, 4.69) is 17.1 Å². The molecule has 3 nitrogen and oxygen atoms in total. The molecule has 1 aromatic heterocycles. The number of ether oxygens (including phenoxy) is 1. The van der Waals surface area contributed by atoms with E-state index in [4.69, 9.17) is 10.5 Å². The molecule has 0 saturated carbocycles. The fourth-order valence-electron chi connectivity index (χ4n) is 2.42. The summed E-state index contributed by atoms with van der Waals surface area (Å²) in [6, 6.07) is 17.9. The Hall–Kier alpha value is -2.39. The van der Waals surface area contributed by atoms with Crippen molar-refractivity contribution in [1.82, 2.24) is 4.98 Å². The first-order valence-corrected chi connectivity index (χ1v) is 7.11. The first-order valence-electron chi connectivity index (χ1n) is 7.11. The summed E-state index contributed by atoms with van der Waals surface area (Å²) in [7, 11) is 0. The van der Waals surface area contributed by atoms with Gasteiger partial charge < -0.3 is 10.5 Å². The minimum Gasteiger partial charge on any atom is -0.494 e. The molecule has 0 radical (unpaired) electrons. The lowest BCUT2D eigenvalue weighted by molar-refractivity contribution is 0.340. The van der Waals surface area contributed by atoms with Gasteiger partial charge in [0.15, 0.2) is 0 Å². The zero-order valence-corrected chi connectivity index (χ0v) is 12.0. The number of rotatable bonds is 4. The van der Waals surface area contributed by atoms with E-state index in [0.717, 1.165) is 27.8 Å². The van der Waals surface area contributed by atoms with Crippen LogP contribution in [-0.2, 0) is 0 Å². The van der Waals surface area contributed by atoms with E-state index >= 15 is 0 Å². The van der Waals surface area contributed by atoms with E-state index < -0.39 is 0 Å². The van der Waals surface area contributed by atoms with Crippen LogP contribution in [0.25, 0.3) is 10.9 Å². The van der Waals surface area contributed by atoms with Gasteiger partial charge in [-0.2, -0.15) is 0 Å². The monoisotopic (exact) mass is 278 g/mol. The van der Waals surface area contributed by atoms with Gasteiger partial charge in [-0.1, -0.05) is 30.3 Å². The van der Waals surface area contributed by atoms with Crippen LogP contribution in [-0.4, -0.2) is 11.6 Å². The molecule has 0 spiro atoms. The zero-order chi connectivity index (χ0) is 14.7. The van der Waals surface area contributed by atoms with Crippen molar-refractivity contribution in [3.05, 3.63) is 71.9 Å². The Morgan fingerprint density at radius 2 is 1.90 bits per heavy atom. The van der Waals surface area contributed by atoms with Crippen molar-refractivity contribution in [1.29, 1.82) is 0 Å². The molecule has 1 heterocycles. The molecule has 3 heteroatoms. The number of hydrogen-bond acceptors (Lipinski definition) is 3. The maximum Gasteiger partial charge on any atom is 0.119 e. The molecule has 2 N–H and O–H groups in total. The SMILES string of the molecule is CCOc1cccc(C(N)c2cnc3ccccc3c2)c1. The molecular weight excluding hydrogens is 260 g/mol. The lowest BCUT2D eigenvalue weighted by atomic mass is 9.99. The van der Waals surface area contributed by atoms with Gasteiger partial charge in [0, 0.05) is 11.6 Å². The summed E-state index contributed by atoms with van der Waals surface area (Å²) in [6.45, 7) is 2.62. The quantitative estimate of drug-likeness (QED) is 0.792. The van der Waals surface area contributed by atoms with Crippen molar-refractivity contribution < 1.29 is 4.74 Å². The van der Waals surface area contributed by atoms with Crippen molar-refractivity contribution in [2.24, 2.45) is 5.73 Å². The van der Waals surface area contributed by atoms with E-state index in [9.17, 15) is 0 Å². The Morgan fingerprint density at radius 3 is 2.76 bits per heavy atom. The summed E-state index contributed by atoms with van der Waals surface area (Å²) in [4.78, 5) is 4.48. The standard InChI is InChI=1S/C18H18N2O/c1-2-21-16-8-5-7-14(11-16)18(19)15-10-13-6-3-4-9-17(13)20-12-15/h3-12,18H,2,19H2,1H3. The van der Waals surface area contributed by atoms with Crippen molar-refractivity contribution in [2.75, 3.05) is 6.61 Å². The summed E-state index contributed by atoms with van der Waals surface area (Å²) in [5.74, 6) is 0.846. The molecule has 0 bridgehead atoms. The van der Waals surface area contributed by atoms with Gasteiger partial charge in [-0.25, -0.2) is 0 Å². The Kier molecular flexibility index (Phi) is 3.84. The average Bonchev–Trinajstić information content (AvgIpc) is 2.54. The topological polar surface area (TPSA) is 48.1 Å². The van der Waals surface area contributed by atoms with Crippen LogP contribution < -0.4 is 10.5 Å². The Bertz CT molecular complexity index is 755. The van der Waals surface area contributed by atoms with E-state index in [1.807, 2.05) is 55.6 Å². The Morgan fingerprint density at radius 1 is 1.05 bits per heavy atom. The highest BCUT2D eigenvalue weighted by Crippen LogP contribution is 2.25. The Balaban J connectivity index is 1.95. The van der Waals surface area contributed by atoms with Gasteiger partial charge in [-0.15, -0.1) is 0 Å². The van der Waals surface area contributed by atoms with Crippen LogP contribution in [0, 0.1) is 0 Å². The van der Waals surface area contributed by atoms with Crippen molar-refractivity contribution in [2.45, 2.75) is 13.0 Å². The third-order valence-electron chi connectivity index (χ3n) is 3.50. The third kappa shape index (κ3) is 2.88. The van der Waals surface area contributed by atoms with Crippen LogP contribution in [0.4, 0.5) is 0 Å². The van der Waals surface area contributed by atoms with Gasteiger partial charge in [0.2, 0.25) is 0 Å². The summed E-state index contributed by atoms with van der Waals surface area (Å²) in [6.07, 6.45) is 1.85. The molecule has 3 aromatic rings. The number of fused-ring (bicyclic) bond motifs is 1. The summed E-state index contributed by atoms with van der Waals surface area (Å²) < 4.78 is 5.53. The second-order valence-corrected chi connectivity index (χ2v) is 4.94. The number of pyridine rings is 1. The van der Waals surface area contributed by atoms with Gasteiger partial charge in [0.1, 0.15) is 5.75 Å². The van der Waals surface area contributed by atoms with Crippen molar-refractivity contribution in [3.8, 4) is 5.75 Å². The molecule has 0 saturated heterocycles. The highest BCUT2D eigenvalue weighted by molar-refractivity contribution is 5.78. The Labute approximate surface area is 124 Å². The summed E-state index contributed by atoms with van der Waals surface area (Å²) in [5, 5.41) is 1.10. The lowest BCUT2D eigenvalue weighted by Gasteiger charge is -2.14. The molecule has 0 aliphatic heterocycles. The summed E-state index contributed by atoms with van der Waals surface area (Å²) in [5.41, 5.74) is 9.39. The van der Waals surface area contributed by atoms with Gasteiger partial charge >= 0.3 is 0 Å². The minimum absolute atomic E-state index is 0.206. The molecule has 0 aliphatic carbocycles. The first-order chi connectivity index (χ1) is 10.3. The number of hydrogen-bond donors (Lipinski definition) is 1. The van der Waals surface area contributed by atoms with Gasteiger partial charge in [-0.3, -0.25) is 4.98 Å². The van der Waals surface area contributed by atoms with Crippen LogP contribution in [0.3, 0.4) is 0 Å². The second-order valence-electron chi connectivity index (χ2n) is 4.94. The number of benzene rings is 2. The lowest BCUT2D eigenvalue weighted by Crippen LogP contribution is -2.12. The van der Waals surface area contributed by atoms with E-state index in [1.165, 1.54) is 0 Å². The minimum atomic E-state index is -0.206. The molecule has 0 amide bonds. The maximum atomic E-state index is 6.38. The fourth-order valence-corrected chi connectivity index (χ4v) is 2.42. The molecule has 0 aliphatic rings. The van der Waals surface area contributed by atoms with Crippen molar-refractivity contribution in [3.63, 3.8) is 0 Å². The van der Waals surface area contributed by atoms with Crippen LogP contribution in [0.5, 0.6) is 5.75 Å². The molecule has 1 atom stereocenters. The van der Waals surface area contributed by atoms with Gasteiger partial charge in [0.25, 0.3) is 0 Å². The zero-order valence-electron chi connectivity index (χ0n) is 12.0. The molecule has 106 valence electrons. The highest BCUT2D eigenvalue weighted by atomic mass is 16.5. The van der Waals surface area contributed by atoms with E-state index in [0.29, 0.717) is 6.61 Å². The molecule has 2 aromatic carbocycles. The number of aromatic nitrogens is 1. The molecule has 0 fully saturated rings. The maximum absolute atomic E-state index is 6.38. The van der Waals surface area contributed by atoms with Gasteiger partial charge in [0.05, 0.1) is 18.2 Å². The number of nitrogens with two attached hydrogens (primary N) is 1. The van der Waals surface area contributed by atoms with Crippen LogP contribution >= 0.6 is 0 Å². The van der Waals surface area contributed by atoms with E-state index in [1.54, 1.807) is 0 Å². The number of nitrogens with zero attached hydrogens (tertiary/aromatic N) is 1. The molecule has 21 heavy (non-hydrogen) atoms. The average molecular weight is 278 g/mol. The van der Waals surface area contributed by atoms with Gasteiger partial charge in [-0.05, 0) is 42.3 Å². The fraction of sp³-hybridized carbons (Fsp3) is 0.167. The number of para-hydroxylation sites is 1. The van der Waals surface area contributed by atoms with E-state index in [-0.39, 0.29) is 6.04 Å². The van der Waals surface area contributed by atoms with Crippen molar-refractivity contribution >= 4 is 10.9 Å². The molecule has 1 unspecified atom stereocenters. The normalized spacial score (nSPS) is 12.3. The molecule has 3 rings (SSSR count). The predicted octanol–water partition coefficient (Wildman–Crippen LogP) is 3.68. The smallest absolute Gasteiger partial charge is 0.119 e. The highest BCUT2D eigenvalue weighted by Gasteiger charge is 2.11. The molecular formula is C18H18N2O. The first kappa shape index (κ1) is 13.6. The van der Waals surface area contributed by atoms with Crippen LogP contribution in [0.15, 0.2) is 60.8 Å². The predicted molar refractivity (Wildman–Crippen MR) is 85.4 cm³/mol. The summed E-state index contributed by atoms with van der Waals surface area (Å²) >= 11 is 0.